The van der Waals surface area contributed by atoms with E-state index in [2.05, 4.69) is 5.32 Å². The fraction of sp³-hybridized carbons (Fsp3) is 0.0625. The van der Waals surface area contributed by atoms with Crippen LogP contribution in [0.25, 0.3) is 0 Å². The number of carboxylic acids is 1. The second kappa shape index (κ2) is 5.71. The summed E-state index contributed by atoms with van der Waals surface area (Å²) in [6.07, 6.45) is 0. The van der Waals surface area contributed by atoms with E-state index in [-0.39, 0.29) is 27.3 Å². The minimum Gasteiger partial charge on any atom is -0.478 e. The molecule has 0 atom stereocenters. The van der Waals surface area contributed by atoms with Crippen molar-refractivity contribution >= 4 is 33.5 Å². The molecule has 1 aliphatic heterocycles. The lowest BCUT2D eigenvalue weighted by molar-refractivity contribution is 0.0697. The van der Waals surface area contributed by atoms with Gasteiger partial charge in [0.05, 0.1) is 27.3 Å². The molecule has 25 heavy (non-hydrogen) atoms. The number of amides is 2. The van der Waals surface area contributed by atoms with Gasteiger partial charge in [-0.1, -0.05) is 12.1 Å². The van der Waals surface area contributed by atoms with Gasteiger partial charge >= 0.3 is 5.97 Å². The number of anilines is 1. The van der Waals surface area contributed by atoms with Crippen molar-refractivity contribution in [3.63, 3.8) is 0 Å². The van der Waals surface area contributed by atoms with Gasteiger partial charge in [-0.25, -0.2) is 13.2 Å². The highest BCUT2D eigenvalue weighted by Gasteiger charge is 2.31. The first kappa shape index (κ1) is 16.7. The van der Waals surface area contributed by atoms with Gasteiger partial charge in [-0.2, -0.15) is 0 Å². The van der Waals surface area contributed by atoms with Gasteiger partial charge in [0.15, 0.2) is 0 Å². The molecular formula is C16H12N2O6S. The fourth-order valence-electron chi connectivity index (χ4n) is 2.52. The number of rotatable bonds is 4. The van der Waals surface area contributed by atoms with E-state index in [4.69, 9.17) is 0 Å². The van der Waals surface area contributed by atoms with Gasteiger partial charge in [0.25, 0.3) is 21.8 Å². The lowest BCUT2D eigenvalue weighted by Gasteiger charge is -2.21. The van der Waals surface area contributed by atoms with Crippen molar-refractivity contribution in [3.8, 4) is 0 Å². The second-order valence-electron chi connectivity index (χ2n) is 5.29. The van der Waals surface area contributed by atoms with E-state index in [0.29, 0.717) is 0 Å². The smallest absolute Gasteiger partial charge is 0.337 e. The Balaban J connectivity index is 2.09. The maximum Gasteiger partial charge on any atom is 0.337 e. The highest BCUT2D eigenvalue weighted by Crippen LogP contribution is 2.27. The van der Waals surface area contributed by atoms with Crippen molar-refractivity contribution in [1.82, 2.24) is 5.32 Å². The van der Waals surface area contributed by atoms with Crippen LogP contribution < -0.4 is 9.62 Å². The maximum absolute atomic E-state index is 12.8. The van der Waals surface area contributed by atoms with Crippen LogP contribution in [0.2, 0.25) is 0 Å². The monoisotopic (exact) mass is 360 g/mol. The summed E-state index contributed by atoms with van der Waals surface area (Å²) in [5.41, 5.74) is -0.137. The van der Waals surface area contributed by atoms with Crippen molar-refractivity contribution in [1.29, 1.82) is 0 Å². The number of nitrogens with zero attached hydrogens (tertiary/aromatic N) is 1. The van der Waals surface area contributed by atoms with E-state index in [1.807, 2.05) is 0 Å². The first-order valence-corrected chi connectivity index (χ1v) is 8.48. The van der Waals surface area contributed by atoms with E-state index in [1.165, 1.54) is 43.4 Å². The standard InChI is InChI=1S/C16H12N2O6S/c1-18(13-5-3-2-4-11(13)16(21)22)25(23,24)9-6-7-10-12(8-9)15(20)17-14(10)19/h2-8H,1H3,(H,21,22)(H,17,19,20). The first-order valence-electron chi connectivity index (χ1n) is 7.04. The summed E-state index contributed by atoms with van der Waals surface area (Å²) in [5.74, 6) is -2.53. The van der Waals surface area contributed by atoms with Crippen molar-refractivity contribution in [2.24, 2.45) is 0 Å². The number of imide groups is 1. The summed E-state index contributed by atoms with van der Waals surface area (Å²) in [6.45, 7) is 0. The van der Waals surface area contributed by atoms with Gasteiger partial charge in [0.2, 0.25) is 0 Å². The van der Waals surface area contributed by atoms with Crippen molar-refractivity contribution in [3.05, 3.63) is 59.2 Å². The van der Waals surface area contributed by atoms with Crippen LogP contribution in [0.1, 0.15) is 31.1 Å². The molecule has 0 saturated carbocycles. The SMILES string of the molecule is CN(c1ccccc1C(=O)O)S(=O)(=O)c1ccc2c(c1)C(=O)NC2=O. The Labute approximate surface area is 142 Å². The Kier molecular flexibility index (Phi) is 3.80. The second-order valence-corrected chi connectivity index (χ2v) is 7.25. The summed E-state index contributed by atoms with van der Waals surface area (Å²) in [4.78, 5) is 34.4. The Bertz CT molecular complexity index is 1030. The fourth-order valence-corrected chi connectivity index (χ4v) is 3.77. The number of carbonyl (C=O) groups is 3. The van der Waals surface area contributed by atoms with Crippen molar-refractivity contribution in [2.75, 3.05) is 11.4 Å². The molecule has 0 spiro atoms. The average Bonchev–Trinajstić information content (AvgIpc) is 2.88. The molecule has 1 aliphatic rings. The average molecular weight is 360 g/mol. The quantitative estimate of drug-likeness (QED) is 0.788. The van der Waals surface area contributed by atoms with Crippen molar-refractivity contribution in [2.45, 2.75) is 4.90 Å². The molecule has 128 valence electrons. The Morgan fingerprint density at radius 1 is 1.04 bits per heavy atom. The third-order valence-corrected chi connectivity index (χ3v) is 5.61. The lowest BCUT2D eigenvalue weighted by atomic mass is 10.1. The molecule has 2 aromatic rings. The molecule has 0 saturated heterocycles. The summed E-state index contributed by atoms with van der Waals surface area (Å²) in [6, 6.07) is 9.21. The van der Waals surface area contributed by atoms with Crippen LogP contribution in [-0.4, -0.2) is 38.4 Å². The number of hydrogen-bond donors (Lipinski definition) is 2. The number of para-hydroxylation sites is 1. The third kappa shape index (κ3) is 2.64. The summed E-state index contributed by atoms with van der Waals surface area (Å²) in [7, 11) is -2.91. The first-order chi connectivity index (χ1) is 11.7. The molecule has 3 rings (SSSR count). The predicted molar refractivity (Wildman–Crippen MR) is 87.2 cm³/mol. The Hall–Kier alpha value is -3.20. The number of sulfonamides is 1. The van der Waals surface area contributed by atoms with Crippen LogP contribution in [0.3, 0.4) is 0 Å². The third-order valence-electron chi connectivity index (χ3n) is 3.84. The lowest BCUT2D eigenvalue weighted by Crippen LogP contribution is -2.28. The number of fused-ring (bicyclic) bond motifs is 1. The van der Waals surface area contributed by atoms with Crippen molar-refractivity contribution < 1.29 is 27.9 Å². The zero-order chi connectivity index (χ0) is 18.4. The number of carboxylic acid groups (broad SMARTS) is 1. The van der Waals surface area contributed by atoms with Crippen LogP contribution in [0, 0.1) is 0 Å². The number of nitrogens with one attached hydrogen (secondary N) is 1. The predicted octanol–water partition coefficient (Wildman–Crippen LogP) is 1.09. The molecule has 0 radical (unpaired) electrons. The minimum atomic E-state index is -4.13. The van der Waals surface area contributed by atoms with E-state index >= 15 is 0 Å². The highest BCUT2D eigenvalue weighted by molar-refractivity contribution is 7.92. The molecule has 0 fully saturated rings. The molecule has 1 heterocycles. The molecule has 0 unspecified atom stereocenters. The summed E-state index contributed by atoms with van der Waals surface area (Å²) < 4.78 is 26.4. The molecule has 0 aromatic heterocycles. The van der Waals surface area contributed by atoms with Gasteiger partial charge in [0, 0.05) is 7.05 Å². The van der Waals surface area contributed by atoms with Gasteiger partial charge in [0.1, 0.15) is 0 Å². The summed E-state index contributed by atoms with van der Waals surface area (Å²) in [5, 5.41) is 11.3. The molecule has 9 heteroatoms. The molecule has 0 aliphatic carbocycles. The molecule has 2 N–H and O–H groups in total. The molecular weight excluding hydrogens is 348 g/mol. The van der Waals surface area contributed by atoms with E-state index in [0.717, 1.165) is 10.4 Å². The minimum absolute atomic E-state index is 0.0176. The van der Waals surface area contributed by atoms with E-state index in [9.17, 15) is 27.9 Å². The van der Waals surface area contributed by atoms with Gasteiger partial charge in [-0.3, -0.25) is 19.2 Å². The van der Waals surface area contributed by atoms with Gasteiger partial charge in [-0.05, 0) is 30.3 Å². The number of benzene rings is 2. The Morgan fingerprint density at radius 2 is 1.68 bits per heavy atom. The van der Waals surface area contributed by atoms with Crippen LogP contribution in [-0.2, 0) is 10.0 Å². The summed E-state index contributed by atoms with van der Waals surface area (Å²) >= 11 is 0. The molecule has 0 bridgehead atoms. The van der Waals surface area contributed by atoms with Crippen LogP contribution in [0.4, 0.5) is 5.69 Å². The van der Waals surface area contributed by atoms with Crippen LogP contribution in [0.15, 0.2) is 47.4 Å². The molecule has 2 aromatic carbocycles. The zero-order valence-corrected chi connectivity index (χ0v) is 13.7. The maximum atomic E-state index is 12.8. The molecule has 2 amide bonds. The number of hydrogen-bond acceptors (Lipinski definition) is 5. The van der Waals surface area contributed by atoms with Gasteiger partial charge < -0.3 is 5.11 Å². The largest absolute Gasteiger partial charge is 0.478 e. The topological polar surface area (TPSA) is 121 Å². The van der Waals surface area contributed by atoms with Gasteiger partial charge in [-0.15, -0.1) is 0 Å². The van der Waals surface area contributed by atoms with Crippen LogP contribution >= 0.6 is 0 Å². The Morgan fingerprint density at radius 3 is 2.36 bits per heavy atom. The zero-order valence-electron chi connectivity index (χ0n) is 12.9. The number of carbonyl (C=O) groups excluding carboxylic acids is 2. The van der Waals surface area contributed by atoms with E-state index in [1.54, 1.807) is 0 Å². The van der Waals surface area contributed by atoms with E-state index < -0.39 is 27.8 Å². The highest BCUT2D eigenvalue weighted by atomic mass is 32.2. The normalized spacial score (nSPS) is 13.3. The van der Waals surface area contributed by atoms with Crippen LogP contribution in [0.5, 0.6) is 0 Å². The number of aromatic carboxylic acids is 1. The molecule has 8 nitrogen and oxygen atoms in total.